The fraction of sp³-hybridized carbons (Fsp3) is 0.412. The molecule has 0 aromatic heterocycles. The van der Waals surface area contributed by atoms with E-state index >= 15 is 0 Å². The lowest BCUT2D eigenvalue weighted by molar-refractivity contribution is 0.125. The van der Waals surface area contributed by atoms with Crippen LogP contribution in [0.1, 0.15) is 37.0 Å². The van der Waals surface area contributed by atoms with Gasteiger partial charge in [0.15, 0.2) is 0 Å². The molecule has 0 saturated carbocycles. The zero-order valence-electron chi connectivity index (χ0n) is 12.0. The summed E-state index contributed by atoms with van der Waals surface area (Å²) < 4.78 is 0. The molecule has 2 heteroatoms. The molecule has 1 aromatic rings. The predicted molar refractivity (Wildman–Crippen MR) is 82.3 cm³/mol. The van der Waals surface area contributed by atoms with Crippen LogP contribution in [0.15, 0.2) is 49.6 Å². The largest absolute Gasteiger partial charge is 0.387 e. The summed E-state index contributed by atoms with van der Waals surface area (Å²) in [4.78, 5) is 2.11. The summed E-state index contributed by atoms with van der Waals surface area (Å²) in [6, 6.07) is 8.21. The first-order valence-electron chi connectivity index (χ1n) is 6.80. The molecule has 104 valence electrons. The van der Waals surface area contributed by atoms with Gasteiger partial charge in [-0.3, -0.25) is 4.90 Å². The van der Waals surface area contributed by atoms with Gasteiger partial charge in [0.05, 0.1) is 6.10 Å². The fourth-order valence-corrected chi connectivity index (χ4v) is 2.04. The van der Waals surface area contributed by atoms with Crippen molar-refractivity contribution in [2.24, 2.45) is 0 Å². The predicted octanol–water partition coefficient (Wildman–Crippen LogP) is 3.52. The highest BCUT2D eigenvalue weighted by atomic mass is 16.3. The summed E-state index contributed by atoms with van der Waals surface area (Å²) in [5, 5.41) is 10.3. The molecule has 0 saturated heterocycles. The van der Waals surface area contributed by atoms with Crippen molar-refractivity contribution in [3.63, 3.8) is 0 Å². The first-order chi connectivity index (χ1) is 9.08. The van der Waals surface area contributed by atoms with Gasteiger partial charge in [-0.05, 0) is 17.0 Å². The Morgan fingerprint density at radius 2 is 1.53 bits per heavy atom. The van der Waals surface area contributed by atoms with E-state index in [4.69, 9.17) is 0 Å². The van der Waals surface area contributed by atoms with Crippen LogP contribution in [0.3, 0.4) is 0 Å². The summed E-state index contributed by atoms with van der Waals surface area (Å²) >= 11 is 0. The second-order valence-electron chi connectivity index (χ2n) is 5.13. The van der Waals surface area contributed by atoms with Gasteiger partial charge >= 0.3 is 0 Å². The van der Waals surface area contributed by atoms with Crippen molar-refractivity contribution in [3.8, 4) is 0 Å². The third kappa shape index (κ3) is 5.01. The van der Waals surface area contributed by atoms with Crippen molar-refractivity contribution >= 4 is 0 Å². The Kier molecular flexibility index (Phi) is 6.54. The maximum absolute atomic E-state index is 10.3. The molecule has 19 heavy (non-hydrogen) atoms. The molecule has 2 nitrogen and oxygen atoms in total. The number of hydrogen-bond donors (Lipinski definition) is 1. The Balaban J connectivity index is 2.67. The Morgan fingerprint density at radius 3 is 1.95 bits per heavy atom. The van der Waals surface area contributed by atoms with Gasteiger partial charge in [0.25, 0.3) is 0 Å². The van der Waals surface area contributed by atoms with E-state index in [1.165, 1.54) is 5.56 Å². The molecule has 1 rings (SSSR count). The first kappa shape index (κ1) is 15.7. The number of benzene rings is 1. The molecule has 0 aliphatic heterocycles. The van der Waals surface area contributed by atoms with E-state index in [1.807, 2.05) is 24.3 Å². The van der Waals surface area contributed by atoms with Crippen molar-refractivity contribution in [1.82, 2.24) is 4.90 Å². The Bertz CT molecular complexity index is 384. The lowest BCUT2D eigenvalue weighted by Crippen LogP contribution is -2.29. The highest BCUT2D eigenvalue weighted by Crippen LogP contribution is 2.19. The molecular weight excluding hydrogens is 234 g/mol. The van der Waals surface area contributed by atoms with Crippen LogP contribution in [0.2, 0.25) is 0 Å². The van der Waals surface area contributed by atoms with Crippen molar-refractivity contribution in [2.75, 3.05) is 19.6 Å². The van der Waals surface area contributed by atoms with Crippen LogP contribution in [-0.4, -0.2) is 29.6 Å². The third-order valence-electron chi connectivity index (χ3n) is 3.19. The van der Waals surface area contributed by atoms with Crippen molar-refractivity contribution in [2.45, 2.75) is 25.9 Å². The zero-order chi connectivity index (χ0) is 14.3. The lowest BCUT2D eigenvalue weighted by atomic mass is 10.00. The molecule has 1 N–H and O–H groups in total. The highest BCUT2D eigenvalue weighted by molar-refractivity contribution is 5.26. The van der Waals surface area contributed by atoms with E-state index in [9.17, 15) is 5.11 Å². The highest BCUT2D eigenvalue weighted by Gasteiger charge is 2.12. The standard InChI is InChI=1S/C17H25NO/c1-5-11-18(12-6-2)13-17(19)16-9-7-15(8-10-16)14(3)4/h5-10,14,17,19H,1-2,11-13H2,3-4H3. The van der Waals surface area contributed by atoms with E-state index < -0.39 is 6.10 Å². The molecule has 0 aliphatic carbocycles. The van der Waals surface area contributed by atoms with Gasteiger partial charge in [-0.1, -0.05) is 50.3 Å². The fourth-order valence-electron chi connectivity index (χ4n) is 2.04. The summed E-state index contributed by atoms with van der Waals surface area (Å²) in [7, 11) is 0. The number of aliphatic hydroxyl groups excluding tert-OH is 1. The Morgan fingerprint density at radius 1 is 1.05 bits per heavy atom. The molecule has 0 spiro atoms. The Hall–Kier alpha value is -1.38. The molecule has 1 atom stereocenters. The third-order valence-corrected chi connectivity index (χ3v) is 3.19. The molecular formula is C17H25NO. The van der Waals surface area contributed by atoms with Gasteiger partial charge in [0, 0.05) is 19.6 Å². The summed E-state index contributed by atoms with van der Waals surface area (Å²) in [6.07, 6.45) is 3.22. The summed E-state index contributed by atoms with van der Waals surface area (Å²) in [6.45, 7) is 13.9. The lowest BCUT2D eigenvalue weighted by Gasteiger charge is -2.22. The van der Waals surface area contributed by atoms with Crippen LogP contribution in [0, 0.1) is 0 Å². The minimum absolute atomic E-state index is 0.471. The number of nitrogens with zero attached hydrogens (tertiary/aromatic N) is 1. The maximum atomic E-state index is 10.3. The molecule has 0 bridgehead atoms. The molecule has 0 aliphatic rings. The van der Waals surface area contributed by atoms with Crippen LogP contribution in [0.4, 0.5) is 0 Å². The smallest absolute Gasteiger partial charge is 0.0917 e. The van der Waals surface area contributed by atoms with E-state index in [-0.39, 0.29) is 0 Å². The van der Waals surface area contributed by atoms with Crippen molar-refractivity contribution < 1.29 is 5.11 Å². The molecule has 0 amide bonds. The molecule has 1 aromatic carbocycles. The van der Waals surface area contributed by atoms with Crippen molar-refractivity contribution in [3.05, 3.63) is 60.7 Å². The minimum atomic E-state index is -0.471. The number of rotatable bonds is 8. The topological polar surface area (TPSA) is 23.5 Å². The first-order valence-corrected chi connectivity index (χ1v) is 6.80. The average molecular weight is 259 g/mol. The van der Waals surface area contributed by atoms with Gasteiger partial charge in [-0.2, -0.15) is 0 Å². The number of aliphatic hydroxyl groups is 1. The zero-order valence-corrected chi connectivity index (χ0v) is 12.0. The SMILES string of the molecule is C=CCN(CC=C)CC(O)c1ccc(C(C)C)cc1. The van der Waals surface area contributed by atoms with Gasteiger partial charge in [0.2, 0.25) is 0 Å². The molecule has 1 unspecified atom stereocenters. The monoisotopic (exact) mass is 259 g/mol. The molecule has 0 radical (unpaired) electrons. The minimum Gasteiger partial charge on any atom is -0.387 e. The summed E-state index contributed by atoms with van der Waals surface area (Å²) in [5.74, 6) is 0.518. The van der Waals surface area contributed by atoms with Crippen LogP contribution in [-0.2, 0) is 0 Å². The molecule has 0 heterocycles. The van der Waals surface area contributed by atoms with Gasteiger partial charge in [0.1, 0.15) is 0 Å². The van der Waals surface area contributed by atoms with Gasteiger partial charge in [-0.25, -0.2) is 0 Å². The second-order valence-corrected chi connectivity index (χ2v) is 5.13. The van der Waals surface area contributed by atoms with Crippen LogP contribution in [0.5, 0.6) is 0 Å². The number of hydrogen-bond acceptors (Lipinski definition) is 2. The van der Waals surface area contributed by atoms with E-state index in [2.05, 4.69) is 44.0 Å². The quantitative estimate of drug-likeness (QED) is 0.722. The van der Waals surface area contributed by atoms with Crippen LogP contribution >= 0.6 is 0 Å². The van der Waals surface area contributed by atoms with E-state index in [1.54, 1.807) is 0 Å². The molecule has 0 fully saturated rings. The summed E-state index contributed by atoms with van der Waals surface area (Å²) in [5.41, 5.74) is 2.26. The van der Waals surface area contributed by atoms with Gasteiger partial charge < -0.3 is 5.11 Å². The average Bonchev–Trinajstić information content (AvgIpc) is 2.39. The van der Waals surface area contributed by atoms with E-state index in [0.717, 1.165) is 18.7 Å². The van der Waals surface area contributed by atoms with Crippen LogP contribution in [0.25, 0.3) is 0 Å². The van der Waals surface area contributed by atoms with Crippen molar-refractivity contribution in [1.29, 1.82) is 0 Å². The maximum Gasteiger partial charge on any atom is 0.0917 e. The Labute approximate surface area is 117 Å². The second kappa shape index (κ2) is 7.93. The van der Waals surface area contributed by atoms with E-state index in [0.29, 0.717) is 12.5 Å². The van der Waals surface area contributed by atoms with Gasteiger partial charge in [-0.15, -0.1) is 13.2 Å². The van der Waals surface area contributed by atoms with Crippen LogP contribution < -0.4 is 0 Å². The normalized spacial score (nSPS) is 12.7.